The molecule has 0 unspecified atom stereocenters. The van der Waals surface area contributed by atoms with Crippen LogP contribution in [0.1, 0.15) is 11.3 Å². The van der Waals surface area contributed by atoms with Crippen LogP contribution in [0.3, 0.4) is 0 Å². The summed E-state index contributed by atoms with van der Waals surface area (Å²) < 4.78 is 37.4. The maximum Gasteiger partial charge on any atom is 0.433 e. The lowest BCUT2D eigenvalue weighted by molar-refractivity contribution is -0.141. The molecule has 0 N–H and O–H groups in total. The van der Waals surface area contributed by atoms with Gasteiger partial charge in [-0.05, 0) is 24.6 Å². The molecule has 0 bridgehead atoms. The SMILES string of the molecule is [CH2]c1cccc(-c2nccc(C(F)(F)F)n2)c1. The summed E-state index contributed by atoms with van der Waals surface area (Å²) in [7, 11) is 0. The molecule has 0 amide bonds. The number of hydrogen-bond acceptors (Lipinski definition) is 2. The monoisotopic (exact) mass is 237 g/mol. The number of hydrogen-bond donors (Lipinski definition) is 0. The minimum absolute atomic E-state index is 0.0466. The van der Waals surface area contributed by atoms with Gasteiger partial charge in [0.25, 0.3) is 0 Å². The first-order chi connectivity index (χ1) is 7.97. The summed E-state index contributed by atoms with van der Waals surface area (Å²) in [6.45, 7) is 3.70. The average molecular weight is 237 g/mol. The molecule has 0 atom stereocenters. The van der Waals surface area contributed by atoms with Crippen LogP contribution in [0.25, 0.3) is 11.4 Å². The van der Waals surface area contributed by atoms with Gasteiger partial charge >= 0.3 is 6.18 Å². The van der Waals surface area contributed by atoms with Crippen molar-refractivity contribution in [1.29, 1.82) is 0 Å². The summed E-state index contributed by atoms with van der Waals surface area (Å²) in [5.74, 6) is 0.0466. The number of aromatic nitrogens is 2. The number of benzene rings is 1. The fourth-order valence-corrected chi connectivity index (χ4v) is 1.37. The summed E-state index contributed by atoms with van der Waals surface area (Å²) in [5.41, 5.74) is 0.268. The third kappa shape index (κ3) is 2.61. The number of rotatable bonds is 1. The Bertz CT molecular complexity index is 535. The van der Waals surface area contributed by atoms with Crippen LogP contribution in [-0.4, -0.2) is 9.97 Å². The van der Waals surface area contributed by atoms with Gasteiger partial charge in [0, 0.05) is 11.8 Å². The van der Waals surface area contributed by atoms with Crippen LogP contribution >= 0.6 is 0 Å². The smallest absolute Gasteiger partial charge is 0.237 e. The normalized spacial score (nSPS) is 11.5. The van der Waals surface area contributed by atoms with E-state index < -0.39 is 11.9 Å². The van der Waals surface area contributed by atoms with Crippen molar-refractivity contribution >= 4 is 0 Å². The van der Waals surface area contributed by atoms with Crippen molar-refractivity contribution in [2.24, 2.45) is 0 Å². The van der Waals surface area contributed by atoms with E-state index >= 15 is 0 Å². The maximum atomic E-state index is 12.5. The second kappa shape index (κ2) is 4.16. The molecule has 0 fully saturated rings. The van der Waals surface area contributed by atoms with Gasteiger partial charge in [0.15, 0.2) is 5.82 Å². The van der Waals surface area contributed by atoms with Crippen LogP contribution in [0.4, 0.5) is 13.2 Å². The Labute approximate surface area is 96.2 Å². The topological polar surface area (TPSA) is 25.8 Å². The zero-order valence-corrected chi connectivity index (χ0v) is 8.70. The third-order valence-electron chi connectivity index (χ3n) is 2.13. The zero-order chi connectivity index (χ0) is 12.5. The summed E-state index contributed by atoms with van der Waals surface area (Å²) in [6, 6.07) is 7.57. The summed E-state index contributed by atoms with van der Waals surface area (Å²) in [6.07, 6.45) is -3.36. The number of halogens is 3. The lowest BCUT2D eigenvalue weighted by Crippen LogP contribution is -2.08. The molecule has 1 aromatic heterocycles. The molecular weight excluding hydrogens is 229 g/mol. The van der Waals surface area contributed by atoms with E-state index in [2.05, 4.69) is 16.9 Å². The minimum atomic E-state index is -4.46. The van der Waals surface area contributed by atoms with Crippen LogP contribution in [0.5, 0.6) is 0 Å². The fourth-order valence-electron chi connectivity index (χ4n) is 1.37. The molecule has 2 rings (SSSR count). The van der Waals surface area contributed by atoms with Crippen LogP contribution in [0, 0.1) is 6.92 Å². The van der Waals surface area contributed by atoms with Crippen LogP contribution in [-0.2, 0) is 6.18 Å². The van der Waals surface area contributed by atoms with Gasteiger partial charge < -0.3 is 0 Å². The van der Waals surface area contributed by atoms with Crippen LogP contribution in [0.2, 0.25) is 0 Å². The van der Waals surface area contributed by atoms with Gasteiger partial charge in [0.2, 0.25) is 0 Å². The van der Waals surface area contributed by atoms with E-state index in [-0.39, 0.29) is 5.82 Å². The molecule has 0 aliphatic heterocycles. The van der Waals surface area contributed by atoms with Gasteiger partial charge in [-0.15, -0.1) is 0 Å². The molecule has 0 aliphatic rings. The van der Waals surface area contributed by atoms with Crippen LogP contribution in [0.15, 0.2) is 36.5 Å². The molecular formula is C12H8F3N2. The lowest BCUT2D eigenvalue weighted by atomic mass is 10.1. The Kier molecular flexibility index (Phi) is 2.83. The van der Waals surface area contributed by atoms with Crippen molar-refractivity contribution in [1.82, 2.24) is 9.97 Å². The third-order valence-corrected chi connectivity index (χ3v) is 2.13. The molecule has 87 valence electrons. The quantitative estimate of drug-likeness (QED) is 0.760. The summed E-state index contributed by atoms with van der Waals surface area (Å²) in [5, 5.41) is 0. The fraction of sp³-hybridized carbons (Fsp3) is 0.0833. The Morgan fingerprint density at radius 1 is 1.12 bits per heavy atom. The molecule has 2 nitrogen and oxygen atoms in total. The van der Waals surface area contributed by atoms with Crippen molar-refractivity contribution in [3.63, 3.8) is 0 Å². The standard InChI is InChI=1S/C12H8F3N2/c1-8-3-2-4-9(7-8)11-16-6-5-10(17-11)12(13,14)15/h2-7H,1H2. The van der Waals surface area contributed by atoms with Gasteiger partial charge in [-0.2, -0.15) is 13.2 Å². The molecule has 5 heteroatoms. The first kappa shape index (κ1) is 11.6. The summed E-state index contributed by atoms with van der Waals surface area (Å²) >= 11 is 0. The molecule has 0 saturated heterocycles. The highest BCUT2D eigenvalue weighted by atomic mass is 19.4. The van der Waals surface area contributed by atoms with E-state index in [1.807, 2.05) is 0 Å². The molecule has 1 radical (unpaired) electrons. The minimum Gasteiger partial charge on any atom is -0.237 e. The van der Waals surface area contributed by atoms with Crippen molar-refractivity contribution in [2.45, 2.75) is 6.18 Å². The largest absolute Gasteiger partial charge is 0.433 e. The predicted octanol–water partition coefficient (Wildman–Crippen LogP) is 3.34. The Morgan fingerprint density at radius 2 is 1.88 bits per heavy atom. The van der Waals surface area contributed by atoms with Gasteiger partial charge in [0.1, 0.15) is 5.69 Å². The highest BCUT2D eigenvalue weighted by Gasteiger charge is 2.32. The highest BCUT2D eigenvalue weighted by molar-refractivity contribution is 5.56. The Morgan fingerprint density at radius 3 is 2.53 bits per heavy atom. The molecule has 1 heterocycles. The molecule has 1 aromatic carbocycles. The van der Waals surface area contributed by atoms with E-state index in [0.29, 0.717) is 11.1 Å². The van der Waals surface area contributed by atoms with E-state index in [1.165, 1.54) is 0 Å². The number of alkyl halides is 3. The van der Waals surface area contributed by atoms with Crippen molar-refractivity contribution in [2.75, 3.05) is 0 Å². The average Bonchev–Trinajstić information content (AvgIpc) is 2.28. The zero-order valence-electron chi connectivity index (χ0n) is 8.70. The molecule has 17 heavy (non-hydrogen) atoms. The lowest BCUT2D eigenvalue weighted by Gasteiger charge is -2.07. The first-order valence-electron chi connectivity index (χ1n) is 4.79. The molecule has 0 saturated carbocycles. The van der Waals surface area contributed by atoms with E-state index in [1.54, 1.807) is 24.3 Å². The Hall–Kier alpha value is -1.91. The highest BCUT2D eigenvalue weighted by Crippen LogP contribution is 2.28. The van der Waals surface area contributed by atoms with E-state index in [4.69, 9.17) is 0 Å². The summed E-state index contributed by atoms with van der Waals surface area (Å²) in [4.78, 5) is 7.32. The van der Waals surface area contributed by atoms with Crippen LogP contribution < -0.4 is 0 Å². The molecule has 2 aromatic rings. The molecule has 0 aliphatic carbocycles. The van der Waals surface area contributed by atoms with E-state index in [9.17, 15) is 13.2 Å². The maximum absolute atomic E-state index is 12.5. The van der Waals surface area contributed by atoms with Gasteiger partial charge in [-0.25, -0.2) is 9.97 Å². The van der Waals surface area contributed by atoms with Crippen molar-refractivity contribution < 1.29 is 13.2 Å². The van der Waals surface area contributed by atoms with Crippen molar-refractivity contribution in [3.8, 4) is 11.4 Å². The first-order valence-corrected chi connectivity index (χ1v) is 4.79. The second-order valence-corrected chi connectivity index (χ2v) is 3.46. The van der Waals surface area contributed by atoms with Gasteiger partial charge in [-0.1, -0.05) is 18.2 Å². The predicted molar refractivity (Wildman–Crippen MR) is 56.9 cm³/mol. The number of nitrogens with zero attached hydrogens (tertiary/aromatic N) is 2. The second-order valence-electron chi connectivity index (χ2n) is 3.46. The van der Waals surface area contributed by atoms with Gasteiger partial charge in [0.05, 0.1) is 0 Å². The van der Waals surface area contributed by atoms with Crippen molar-refractivity contribution in [3.05, 3.63) is 54.7 Å². The van der Waals surface area contributed by atoms with E-state index in [0.717, 1.165) is 12.3 Å². The molecule has 0 spiro atoms. The Balaban J connectivity index is 2.47. The van der Waals surface area contributed by atoms with Gasteiger partial charge in [-0.3, -0.25) is 0 Å².